The van der Waals surface area contributed by atoms with Crippen molar-refractivity contribution < 1.29 is 19.1 Å². The molecule has 3 aromatic carbocycles. The number of hydrogen-bond donors (Lipinski definition) is 3. The van der Waals surface area contributed by atoms with Gasteiger partial charge in [0.1, 0.15) is 24.1 Å². The minimum absolute atomic E-state index is 0.215. The first kappa shape index (κ1) is 26.9. The van der Waals surface area contributed by atoms with E-state index in [2.05, 4.69) is 31.9 Å². The van der Waals surface area contributed by atoms with Crippen LogP contribution in [0, 0.1) is 0 Å². The van der Waals surface area contributed by atoms with Crippen LogP contribution in [0.1, 0.15) is 18.9 Å². The Labute approximate surface area is 225 Å². The molecule has 4 rings (SSSR count). The Hall–Kier alpha value is -3.14. The molecule has 0 radical (unpaired) electrons. The predicted octanol–water partition coefficient (Wildman–Crippen LogP) is 3.61. The van der Waals surface area contributed by atoms with Crippen molar-refractivity contribution in [3.63, 3.8) is 0 Å². The van der Waals surface area contributed by atoms with Crippen LogP contribution in [-0.4, -0.2) is 57.8 Å². The Morgan fingerprint density at radius 3 is 2.81 bits per heavy atom. The second-order valence-corrected chi connectivity index (χ2v) is 9.88. The molecule has 2 unspecified atom stereocenters. The highest BCUT2D eigenvalue weighted by Gasteiger charge is 2.31. The first-order valence-corrected chi connectivity index (χ1v) is 13.2. The fourth-order valence-electron chi connectivity index (χ4n) is 4.42. The van der Waals surface area contributed by atoms with Crippen LogP contribution >= 0.6 is 15.9 Å². The minimum Gasteiger partial charge on any atom is -0.496 e. The summed E-state index contributed by atoms with van der Waals surface area (Å²) in [4.78, 5) is 28.8. The molecule has 8 nitrogen and oxygen atoms in total. The molecule has 1 heterocycles. The van der Waals surface area contributed by atoms with Crippen LogP contribution in [0.25, 0.3) is 10.8 Å². The minimum atomic E-state index is -0.725. The Kier molecular flexibility index (Phi) is 9.02. The SMILES string of the molecule is CNC(C)C(=O)NC1CCNCCOc2ccccc2N(Cc2c(OC)ccc3cc(Br)ccc23)C1=O. The van der Waals surface area contributed by atoms with E-state index in [1.54, 1.807) is 26.0 Å². The number of hydrogen-bond acceptors (Lipinski definition) is 6. The number of amides is 2. The van der Waals surface area contributed by atoms with E-state index in [1.165, 1.54) is 0 Å². The molecule has 9 heteroatoms. The number of halogens is 1. The number of fused-ring (bicyclic) bond motifs is 2. The average Bonchev–Trinajstić information content (AvgIpc) is 2.94. The van der Waals surface area contributed by atoms with E-state index in [0.717, 1.165) is 20.8 Å². The number of ether oxygens (including phenoxy) is 2. The van der Waals surface area contributed by atoms with Gasteiger partial charge in [-0.15, -0.1) is 0 Å². The third-order valence-electron chi connectivity index (χ3n) is 6.60. The molecule has 0 saturated carbocycles. The van der Waals surface area contributed by atoms with Gasteiger partial charge in [-0.25, -0.2) is 0 Å². The van der Waals surface area contributed by atoms with Crippen molar-refractivity contribution in [3.05, 3.63) is 64.6 Å². The van der Waals surface area contributed by atoms with Gasteiger partial charge in [0.2, 0.25) is 11.8 Å². The monoisotopic (exact) mass is 568 g/mol. The largest absolute Gasteiger partial charge is 0.496 e. The Morgan fingerprint density at radius 1 is 1.22 bits per heavy atom. The summed E-state index contributed by atoms with van der Waals surface area (Å²) in [6.07, 6.45) is 0.444. The fourth-order valence-corrected chi connectivity index (χ4v) is 4.80. The van der Waals surface area contributed by atoms with Crippen molar-refractivity contribution in [1.29, 1.82) is 0 Å². The predicted molar refractivity (Wildman–Crippen MR) is 149 cm³/mol. The third kappa shape index (κ3) is 6.23. The van der Waals surface area contributed by atoms with Gasteiger partial charge < -0.3 is 30.3 Å². The van der Waals surface area contributed by atoms with E-state index in [-0.39, 0.29) is 18.4 Å². The van der Waals surface area contributed by atoms with Crippen LogP contribution < -0.4 is 30.3 Å². The van der Waals surface area contributed by atoms with Crippen LogP contribution in [0.15, 0.2) is 59.1 Å². The molecule has 0 spiro atoms. The second-order valence-electron chi connectivity index (χ2n) is 8.96. The van der Waals surface area contributed by atoms with Gasteiger partial charge in [0.25, 0.3) is 0 Å². The van der Waals surface area contributed by atoms with Gasteiger partial charge >= 0.3 is 0 Å². The maximum Gasteiger partial charge on any atom is 0.250 e. The molecular weight excluding hydrogens is 536 g/mol. The Morgan fingerprint density at radius 2 is 2.03 bits per heavy atom. The van der Waals surface area contributed by atoms with E-state index < -0.39 is 12.1 Å². The molecule has 196 valence electrons. The van der Waals surface area contributed by atoms with E-state index in [4.69, 9.17) is 9.47 Å². The van der Waals surface area contributed by atoms with Crippen molar-refractivity contribution in [2.24, 2.45) is 0 Å². The highest BCUT2D eigenvalue weighted by Crippen LogP contribution is 2.35. The third-order valence-corrected chi connectivity index (χ3v) is 7.09. The van der Waals surface area contributed by atoms with Crippen molar-refractivity contribution >= 4 is 44.2 Å². The highest BCUT2D eigenvalue weighted by molar-refractivity contribution is 9.10. The number of methoxy groups -OCH3 is 1. The van der Waals surface area contributed by atoms with Gasteiger partial charge in [-0.3, -0.25) is 9.59 Å². The number of carbonyl (C=O) groups is 2. The Bertz CT molecular complexity index is 1270. The van der Waals surface area contributed by atoms with Gasteiger partial charge in [0.15, 0.2) is 0 Å². The lowest BCUT2D eigenvalue weighted by atomic mass is 10.0. The smallest absolute Gasteiger partial charge is 0.250 e. The zero-order valence-corrected chi connectivity index (χ0v) is 22.9. The van der Waals surface area contributed by atoms with Crippen LogP contribution in [0.3, 0.4) is 0 Å². The number of para-hydroxylation sites is 2. The van der Waals surface area contributed by atoms with Gasteiger partial charge in [0.05, 0.1) is 25.4 Å². The standard InChI is InChI=1S/C28H33BrN4O4/c1-18(30-2)27(34)32-23-12-13-31-14-15-37-26-7-5-4-6-24(26)33(28(23)35)17-22-21-10-9-20(29)16-19(21)8-11-25(22)36-3/h4-11,16,18,23,30-31H,12-15,17H2,1-3H3,(H,32,34). The lowest BCUT2D eigenvalue weighted by molar-refractivity contribution is -0.128. The van der Waals surface area contributed by atoms with E-state index in [0.29, 0.717) is 43.3 Å². The van der Waals surface area contributed by atoms with E-state index in [1.807, 2.05) is 54.6 Å². The summed E-state index contributed by atoms with van der Waals surface area (Å²) in [5, 5.41) is 11.2. The van der Waals surface area contributed by atoms with Crippen molar-refractivity contribution in [2.45, 2.75) is 32.0 Å². The highest BCUT2D eigenvalue weighted by atomic mass is 79.9. The molecule has 2 atom stereocenters. The average molecular weight is 570 g/mol. The quantitative estimate of drug-likeness (QED) is 0.421. The van der Waals surface area contributed by atoms with Crippen LogP contribution in [-0.2, 0) is 16.1 Å². The number of nitrogens with zero attached hydrogens (tertiary/aromatic N) is 1. The molecule has 2 amide bonds. The van der Waals surface area contributed by atoms with E-state index in [9.17, 15) is 9.59 Å². The van der Waals surface area contributed by atoms with Crippen molar-refractivity contribution in [1.82, 2.24) is 16.0 Å². The second kappa shape index (κ2) is 12.4. The topological polar surface area (TPSA) is 91.9 Å². The molecule has 37 heavy (non-hydrogen) atoms. The molecule has 0 fully saturated rings. The number of likely N-dealkylation sites (N-methyl/N-ethyl adjacent to an activating group) is 1. The zero-order chi connectivity index (χ0) is 26.4. The number of benzene rings is 3. The first-order chi connectivity index (χ1) is 17.9. The molecule has 3 N–H and O–H groups in total. The summed E-state index contributed by atoms with van der Waals surface area (Å²) >= 11 is 3.55. The van der Waals surface area contributed by atoms with Gasteiger partial charge in [-0.2, -0.15) is 0 Å². The molecule has 0 saturated heterocycles. The van der Waals surface area contributed by atoms with Crippen LogP contribution in [0.4, 0.5) is 5.69 Å². The molecule has 1 aliphatic rings. The molecular formula is C28H33BrN4O4. The first-order valence-electron chi connectivity index (χ1n) is 12.4. The summed E-state index contributed by atoms with van der Waals surface area (Å²) in [7, 11) is 3.35. The van der Waals surface area contributed by atoms with Crippen LogP contribution in [0.5, 0.6) is 11.5 Å². The van der Waals surface area contributed by atoms with Gasteiger partial charge in [-0.05, 0) is 68.0 Å². The lowest BCUT2D eigenvalue weighted by Crippen LogP contribution is -2.53. The normalized spacial score (nSPS) is 17.4. The van der Waals surface area contributed by atoms with Gasteiger partial charge in [0, 0.05) is 16.6 Å². The number of anilines is 1. The van der Waals surface area contributed by atoms with Crippen molar-refractivity contribution in [2.75, 3.05) is 38.8 Å². The molecule has 0 aromatic heterocycles. The number of rotatable bonds is 6. The molecule has 1 aliphatic heterocycles. The van der Waals surface area contributed by atoms with E-state index >= 15 is 0 Å². The number of carbonyl (C=O) groups excluding carboxylic acids is 2. The summed E-state index contributed by atoms with van der Waals surface area (Å²) in [6, 6.07) is 16.3. The summed E-state index contributed by atoms with van der Waals surface area (Å²) in [6.45, 7) is 3.65. The molecule has 0 bridgehead atoms. The summed E-state index contributed by atoms with van der Waals surface area (Å²) < 4.78 is 12.8. The molecule has 3 aromatic rings. The van der Waals surface area contributed by atoms with Crippen LogP contribution in [0.2, 0.25) is 0 Å². The fraction of sp³-hybridized carbons (Fsp3) is 0.357. The lowest BCUT2D eigenvalue weighted by Gasteiger charge is -2.30. The maximum atomic E-state index is 14.2. The molecule has 0 aliphatic carbocycles. The van der Waals surface area contributed by atoms with Gasteiger partial charge in [-0.1, -0.05) is 40.2 Å². The summed E-state index contributed by atoms with van der Waals surface area (Å²) in [5.74, 6) is 0.844. The van der Waals surface area contributed by atoms with Crippen molar-refractivity contribution in [3.8, 4) is 11.5 Å². The maximum absolute atomic E-state index is 14.2. The number of nitrogens with one attached hydrogen (secondary N) is 3. The summed E-state index contributed by atoms with van der Waals surface area (Å²) in [5.41, 5.74) is 1.52. The zero-order valence-electron chi connectivity index (χ0n) is 21.3. The Balaban J connectivity index is 1.82.